The van der Waals surface area contributed by atoms with Crippen molar-refractivity contribution in [2.75, 3.05) is 31.6 Å². The number of hydrogen-bond acceptors (Lipinski definition) is 4. The first kappa shape index (κ1) is 15.3. The van der Waals surface area contributed by atoms with Crippen LogP contribution in [0.4, 0.5) is 5.82 Å². The molecular weight excluding hydrogens is 264 g/mol. The lowest BCUT2D eigenvalue weighted by Crippen LogP contribution is -2.39. The van der Waals surface area contributed by atoms with Crippen molar-refractivity contribution in [1.29, 1.82) is 5.26 Å². The molecule has 1 amide bonds. The van der Waals surface area contributed by atoms with Crippen molar-refractivity contribution in [3.63, 3.8) is 0 Å². The molecule has 1 atom stereocenters. The zero-order chi connectivity index (χ0) is 15.2. The van der Waals surface area contributed by atoms with Gasteiger partial charge in [0.25, 0.3) is 0 Å². The van der Waals surface area contributed by atoms with Crippen molar-refractivity contribution in [3.05, 3.63) is 23.9 Å². The Hall–Kier alpha value is -2.09. The predicted octanol–water partition coefficient (Wildman–Crippen LogP) is 2.04. The number of hydrogen-bond donors (Lipinski definition) is 0. The molecule has 21 heavy (non-hydrogen) atoms. The van der Waals surface area contributed by atoms with Crippen LogP contribution < -0.4 is 4.90 Å². The summed E-state index contributed by atoms with van der Waals surface area (Å²) < 4.78 is 0. The summed E-state index contributed by atoms with van der Waals surface area (Å²) in [6.07, 6.45) is 4.91. The predicted molar refractivity (Wildman–Crippen MR) is 81.8 cm³/mol. The van der Waals surface area contributed by atoms with Crippen LogP contribution in [0.5, 0.6) is 0 Å². The first-order valence-corrected chi connectivity index (χ1v) is 7.45. The number of likely N-dealkylation sites (N-methyl/N-ethyl adjacent to an activating group) is 1. The third kappa shape index (κ3) is 4.19. The average Bonchev–Trinajstić information content (AvgIpc) is 2.72. The Bertz CT molecular complexity index is 520. The number of carbonyl (C=O) groups excluding carboxylic acids is 1. The highest BCUT2D eigenvalue weighted by atomic mass is 16.2. The minimum Gasteiger partial charge on any atom is -0.350 e. The highest BCUT2D eigenvalue weighted by Gasteiger charge is 2.19. The quantitative estimate of drug-likeness (QED) is 0.853. The molecule has 0 saturated carbocycles. The van der Waals surface area contributed by atoms with E-state index >= 15 is 0 Å². The van der Waals surface area contributed by atoms with Crippen LogP contribution in [-0.4, -0.2) is 42.5 Å². The third-order valence-electron chi connectivity index (χ3n) is 4.01. The summed E-state index contributed by atoms with van der Waals surface area (Å²) >= 11 is 0. The van der Waals surface area contributed by atoms with Gasteiger partial charge in [-0.15, -0.1) is 0 Å². The molecule has 1 aromatic heterocycles. The summed E-state index contributed by atoms with van der Waals surface area (Å²) in [5.41, 5.74) is 0.528. The topological polar surface area (TPSA) is 60.2 Å². The number of rotatable bonds is 3. The van der Waals surface area contributed by atoms with E-state index in [9.17, 15) is 4.79 Å². The molecule has 0 unspecified atom stereocenters. The van der Waals surface area contributed by atoms with Gasteiger partial charge in [0.15, 0.2) is 0 Å². The minimum atomic E-state index is 0.151. The maximum atomic E-state index is 12.4. The lowest BCUT2D eigenvalue weighted by atomic mass is 10.0. The van der Waals surface area contributed by atoms with Crippen LogP contribution in [0, 0.1) is 17.2 Å². The van der Waals surface area contributed by atoms with E-state index in [-0.39, 0.29) is 5.91 Å². The second-order valence-electron chi connectivity index (χ2n) is 5.79. The minimum absolute atomic E-state index is 0.151. The van der Waals surface area contributed by atoms with Gasteiger partial charge in [-0.25, -0.2) is 4.98 Å². The van der Waals surface area contributed by atoms with Gasteiger partial charge in [-0.3, -0.25) is 4.79 Å². The van der Waals surface area contributed by atoms with E-state index in [4.69, 9.17) is 5.26 Å². The van der Waals surface area contributed by atoms with Crippen LogP contribution in [0.1, 0.15) is 31.7 Å². The first-order chi connectivity index (χ1) is 10.1. The lowest BCUT2D eigenvalue weighted by molar-refractivity contribution is -0.129. The number of likely N-dealkylation sites (tertiary alicyclic amines) is 1. The van der Waals surface area contributed by atoms with E-state index in [0.29, 0.717) is 23.8 Å². The van der Waals surface area contributed by atoms with E-state index in [0.717, 1.165) is 25.9 Å². The van der Waals surface area contributed by atoms with E-state index in [1.165, 1.54) is 12.6 Å². The van der Waals surface area contributed by atoms with Gasteiger partial charge in [-0.1, -0.05) is 6.92 Å². The van der Waals surface area contributed by atoms with Gasteiger partial charge in [0, 0.05) is 26.3 Å². The van der Waals surface area contributed by atoms with Crippen LogP contribution in [0.2, 0.25) is 0 Å². The van der Waals surface area contributed by atoms with Crippen LogP contribution in [0.15, 0.2) is 18.3 Å². The molecule has 0 aromatic carbocycles. The Balaban J connectivity index is 1.93. The summed E-state index contributed by atoms with van der Waals surface area (Å²) in [6, 6.07) is 5.53. The number of nitrogens with zero attached hydrogens (tertiary/aromatic N) is 4. The van der Waals surface area contributed by atoms with E-state index in [2.05, 4.69) is 11.9 Å². The molecule has 1 saturated heterocycles. The molecule has 2 heterocycles. The highest BCUT2D eigenvalue weighted by molar-refractivity contribution is 5.81. The van der Waals surface area contributed by atoms with Gasteiger partial charge in [0.1, 0.15) is 11.9 Å². The summed E-state index contributed by atoms with van der Waals surface area (Å²) in [4.78, 5) is 20.4. The van der Waals surface area contributed by atoms with Crippen molar-refractivity contribution in [2.24, 2.45) is 5.92 Å². The van der Waals surface area contributed by atoms with Gasteiger partial charge < -0.3 is 9.80 Å². The van der Waals surface area contributed by atoms with Gasteiger partial charge in [-0.05, 0) is 37.3 Å². The molecule has 5 heteroatoms. The highest BCUT2D eigenvalue weighted by Crippen LogP contribution is 2.17. The van der Waals surface area contributed by atoms with Crippen molar-refractivity contribution >= 4 is 11.7 Å². The molecule has 1 aromatic rings. The van der Waals surface area contributed by atoms with Crippen LogP contribution in [-0.2, 0) is 4.79 Å². The fourth-order valence-electron chi connectivity index (χ4n) is 2.57. The molecule has 0 bridgehead atoms. The number of carbonyl (C=O) groups is 1. The Morgan fingerprint density at radius 1 is 1.48 bits per heavy atom. The molecule has 112 valence electrons. The number of pyridine rings is 1. The standard InChI is InChI=1S/C16H22N4O/c1-13-4-3-8-20(9-7-13)16(21)12-19(2)15-6-5-14(10-17)11-18-15/h5-6,11,13H,3-4,7-9,12H2,1-2H3/t13-/m1/s1. The molecule has 0 N–H and O–H groups in total. The van der Waals surface area contributed by atoms with Gasteiger partial charge in [-0.2, -0.15) is 5.26 Å². The molecule has 5 nitrogen and oxygen atoms in total. The third-order valence-corrected chi connectivity index (χ3v) is 4.01. The molecular formula is C16H22N4O. The smallest absolute Gasteiger partial charge is 0.242 e. The van der Waals surface area contributed by atoms with Gasteiger partial charge >= 0.3 is 0 Å². The lowest BCUT2D eigenvalue weighted by Gasteiger charge is -2.24. The second-order valence-corrected chi connectivity index (χ2v) is 5.79. The number of anilines is 1. The SMILES string of the molecule is C[C@@H]1CCCN(C(=O)CN(C)c2ccc(C#N)cn2)CC1. The summed E-state index contributed by atoms with van der Waals surface area (Å²) in [5, 5.41) is 8.77. The molecule has 1 aliphatic heterocycles. The largest absolute Gasteiger partial charge is 0.350 e. The summed E-state index contributed by atoms with van der Waals surface area (Å²) in [7, 11) is 1.85. The van der Waals surface area contributed by atoms with Gasteiger partial charge in [0.2, 0.25) is 5.91 Å². The van der Waals surface area contributed by atoms with Crippen LogP contribution in [0.25, 0.3) is 0 Å². The Labute approximate surface area is 126 Å². The monoisotopic (exact) mass is 286 g/mol. The summed E-state index contributed by atoms with van der Waals surface area (Å²) in [6.45, 7) is 4.29. The zero-order valence-electron chi connectivity index (χ0n) is 12.7. The fraction of sp³-hybridized carbons (Fsp3) is 0.562. The van der Waals surface area contributed by atoms with E-state index in [1.807, 2.05) is 22.9 Å². The normalized spacial score (nSPS) is 18.7. The van der Waals surface area contributed by atoms with Crippen molar-refractivity contribution in [1.82, 2.24) is 9.88 Å². The Kier molecular flexibility index (Phi) is 5.15. The van der Waals surface area contributed by atoms with Crippen LogP contribution >= 0.6 is 0 Å². The maximum Gasteiger partial charge on any atom is 0.242 e. The molecule has 2 rings (SSSR count). The number of nitriles is 1. The van der Waals surface area contributed by atoms with Crippen LogP contribution in [0.3, 0.4) is 0 Å². The maximum absolute atomic E-state index is 12.4. The van der Waals surface area contributed by atoms with Crippen molar-refractivity contribution in [2.45, 2.75) is 26.2 Å². The molecule has 1 fully saturated rings. The van der Waals surface area contributed by atoms with Crippen molar-refractivity contribution < 1.29 is 4.79 Å². The number of aromatic nitrogens is 1. The second kappa shape index (κ2) is 7.07. The fourth-order valence-corrected chi connectivity index (χ4v) is 2.57. The Morgan fingerprint density at radius 3 is 2.95 bits per heavy atom. The molecule has 0 spiro atoms. The zero-order valence-corrected chi connectivity index (χ0v) is 12.7. The molecule has 0 radical (unpaired) electrons. The molecule has 0 aliphatic carbocycles. The number of amides is 1. The summed E-state index contributed by atoms with van der Waals surface area (Å²) in [5.74, 6) is 1.57. The Morgan fingerprint density at radius 2 is 2.29 bits per heavy atom. The van der Waals surface area contributed by atoms with E-state index < -0.39 is 0 Å². The first-order valence-electron chi connectivity index (χ1n) is 7.45. The van der Waals surface area contributed by atoms with Gasteiger partial charge in [0.05, 0.1) is 12.1 Å². The average molecular weight is 286 g/mol. The van der Waals surface area contributed by atoms with E-state index in [1.54, 1.807) is 12.1 Å². The molecule has 1 aliphatic rings. The van der Waals surface area contributed by atoms with Crippen molar-refractivity contribution in [3.8, 4) is 6.07 Å².